The Morgan fingerprint density at radius 2 is 2.10 bits per heavy atom. The lowest BCUT2D eigenvalue weighted by atomic mass is 10.1. The molecule has 0 radical (unpaired) electrons. The van der Waals surface area contributed by atoms with Crippen LogP contribution in [0.1, 0.15) is 25.0 Å². The fourth-order valence-corrected chi connectivity index (χ4v) is 3.80. The van der Waals surface area contributed by atoms with E-state index in [1.54, 1.807) is 0 Å². The summed E-state index contributed by atoms with van der Waals surface area (Å²) in [6.07, 6.45) is 3.85. The predicted octanol–water partition coefficient (Wildman–Crippen LogP) is -2.82. The summed E-state index contributed by atoms with van der Waals surface area (Å²) in [6, 6.07) is -3.63. The topological polar surface area (TPSA) is 197 Å². The van der Waals surface area contributed by atoms with Gasteiger partial charge in [0.1, 0.15) is 18.1 Å². The monoisotopic (exact) mass is 434 g/mol. The molecule has 2 fully saturated rings. The minimum Gasteiger partial charge on any atom is -0.368 e. The summed E-state index contributed by atoms with van der Waals surface area (Å²) < 4.78 is 0. The predicted molar refractivity (Wildman–Crippen MR) is 106 cm³/mol. The Morgan fingerprint density at radius 1 is 1.32 bits per heavy atom. The number of carbonyl (C=O) groups is 5. The first-order valence-electron chi connectivity index (χ1n) is 10.00. The number of imidazole rings is 1. The summed E-state index contributed by atoms with van der Waals surface area (Å²) in [6.45, 7) is 0.492. The standard InChI is InChI=1S/C18H26N8O5/c19-3-5-26-14(27)7-11(24-18(26)31)16(29)23-12(6-10-8-21-9-22-10)17(30)25-4-1-2-13(25)15(20)28/h8-9,11-13H,1-7,19H2,(H2,20,28)(H,21,22)(H,23,29)(H,24,31)/t11-,12-,13-/m0/s1. The number of carbonyl (C=O) groups excluding carboxylic acids is 5. The number of nitrogens with two attached hydrogens (primary N) is 2. The molecule has 2 saturated heterocycles. The zero-order valence-electron chi connectivity index (χ0n) is 16.9. The molecular formula is C18H26N8O5. The lowest BCUT2D eigenvalue weighted by Gasteiger charge is -2.32. The molecule has 0 aliphatic carbocycles. The quantitative estimate of drug-likeness (QED) is 0.291. The van der Waals surface area contributed by atoms with E-state index < -0.39 is 47.8 Å². The molecular weight excluding hydrogens is 408 g/mol. The van der Waals surface area contributed by atoms with E-state index in [0.29, 0.717) is 25.1 Å². The van der Waals surface area contributed by atoms with Crippen LogP contribution in [0.2, 0.25) is 0 Å². The van der Waals surface area contributed by atoms with E-state index in [2.05, 4.69) is 20.6 Å². The number of nitrogens with zero attached hydrogens (tertiary/aromatic N) is 3. The Kier molecular flexibility index (Phi) is 6.84. The van der Waals surface area contributed by atoms with Gasteiger partial charge in [-0.25, -0.2) is 9.78 Å². The van der Waals surface area contributed by atoms with Gasteiger partial charge in [-0.2, -0.15) is 0 Å². The van der Waals surface area contributed by atoms with E-state index in [4.69, 9.17) is 11.5 Å². The van der Waals surface area contributed by atoms with Crippen molar-refractivity contribution in [3.05, 3.63) is 18.2 Å². The summed E-state index contributed by atoms with van der Waals surface area (Å²) in [5, 5.41) is 5.07. The molecule has 3 rings (SSSR count). The minimum atomic E-state index is -1.13. The van der Waals surface area contributed by atoms with Crippen LogP contribution in [0.25, 0.3) is 0 Å². The van der Waals surface area contributed by atoms with Crippen LogP contribution in [-0.4, -0.2) is 87.2 Å². The summed E-state index contributed by atoms with van der Waals surface area (Å²) in [5.41, 5.74) is 11.4. The number of likely N-dealkylation sites (tertiary alicyclic amines) is 1. The molecule has 31 heavy (non-hydrogen) atoms. The van der Waals surface area contributed by atoms with E-state index in [1.807, 2.05) is 0 Å². The average Bonchev–Trinajstić information content (AvgIpc) is 3.41. The number of H-pyrrole nitrogens is 1. The largest absolute Gasteiger partial charge is 0.368 e. The number of primary amides is 1. The van der Waals surface area contributed by atoms with Crippen LogP contribution in [-0.2, 0) is 25.6 Å². The average molecular weight is 434 g/mol. The third-order valence-corrected chi connectivity index (χ3v) is 5.35. The number of imide groups is 1. The third kappa shape index (κ3) is 4.99. The molecule has 2 aliphatic rings. The molecule has 0 unspecified atom stereocenters. The van der Waals surface area contributed by atoms with Gasteiger partial charge in [0.15, 0.2) is 0 Å². The van der Waals surface area contributed by atoms with Gasteiger partial charge in [0, 0.05) is 37.9 Å². The number of nitrogens with one attached hydrogen (secondary N) is 3. The fraction of sp³-hybridized carbons (Fsp3) is 0.556. The van der Waals surface area contributed by atoms with Gasteiger partial charge < -0.3 is 32.0 Å². The Balaban J connectivity index is 1.73. The number of aromatic nitrogens is 2. The Bertz CT molecular complexity index is 839. The van der Waals surface area contributed by atoms with E-state index in [9.17, 15) is 24.0 Å². The summed E-state index contributed by atoms with van der Waals surface area (Å²) in [5.74, 6) is -2.29. The zero-order valence-corrected chi connectivity index (χ0v) is 16.9. The smallest absolute Gasteiger partial charge is 0.324 e. The lowest BCUT2D eigenvalue weighted by Crippen LogP contribution is -2.62. The zero-order chi connectivity index (χ0) is 22.5. The molecule has 3 heterocycles. The molecule has 2 aliphatic heterocycles. The molecule has 7 N–H and O–H groups in total. The van der Waals surface area contributed by atoms with E-state index in [0.717, 1.165) is 4.90 Å². The minimum absolute atomic E-state index is 0.0450. The highest BCUT2D eigenvalue weighted by Gasteiger charge is 2.39. The van der Waals surface area contributed by atoms with Crippen molar-refractivity contribution in [2.75, 3.05) is 19.6 Å². The molecule has 13 heteroatoms. The maximum Gasteiger partial charge on any atom is 0.324 e. The van der Waals surface area contributed by atoms with Crippen LogP contribution in [0.3, 0.4) is 0 Å². The molecule has 0 spiro atoms. The van der Waals surface area contributed by atoms with Crippen LogP contribution >= 0.6 is 0 Å². The summed E-state index contributed by atoms with van der Waals surface area (Å²) >= 11 is 0. The van der Waals surface area contributed by atoms with Crippen molar-refractivity contribution in [2.24, 2.45) is 11.5 Å². The highest BCUT2D eigenvalue weighted by Crippen LogP contribution is 2.19. The van der Waals surface area contributed by atoms with Crippen molar-refractivity contribution >= 4 is 29.7 Å². The van der Waals surface area contributed by atoms with Crippen molar-refractivity contribution in [2.45, 2.75) is 43.8 Å². The summed E-state index contributed by atoms with van der Waals surface area (Å²) in [7, 11) is 0. The molecule has 168 valence electrons. The number of aromatic amines is 1. The van der Waals surface area contributed by atoms with Gasteiger partial charge in [-0.3, -0.25) is 24.1 Å². The molecule has 0 bridgehead atoms. The van der Waals surface area contributed by atoms with Gasteiger partial charge in [-0.15, -0.1) is 0 Å². The highest BCUT2D eigenvalue weighted by molar-refractivity contribution is 6.03. The Hall–Kier alpha value is -3.48. The molecule has 3 atom stereocenters. The lowest BCUT2D eigenvalue weighted by molar-refractivity contribution is -0.141. The first kappa shape index (κ1) is 22.2. The van der Waals surface area contributed by atoms with Gasteiger partial charge in [0.05, 0.1) is 12.7 Å². The fourth-order valence-electron chi connectivity index (χ4n) is 3.80. The van der Waals surface area contributed by atoms with E-state index in [1.165, 1.54) is 17.4 Å². The SMILES string of the molecule is NCCN1C(=O)C[C@@H](C(=O)N[C@@H](Cc2cnc[nH]2)C(=O)N2CCC[C@H]2C(N)=O)NC1=O. The van der Waals surface area contributed by atoms with Crippen LogP contribution in [0.15, 0.2) is 12.5 Å². The van der Waals surface area contributed by atoms with E-state index in [-0.39, 0.29) is 25.9 Å². The molecule has 13 nitrogen and oxygen atoms in total. The Labute approximate surface area is 177 Å². The van der Waals surface area contributed by atoms with Crippen molar-refractivity contribution < 1.29 is 24.0 Å². The number of rotatable bonds is 8. The van der Waals surface area contributed by atoms with Gasteiger partial charge >= 0.3 is 6.03 Å². The second-order valence-corrected chi connectivity index (χ2v) is 7.47. The number of hydrogen-bond donors (Lipinski definition) is 5. The van der Waals surface area contributed by atoms with Gasteiger partial charge in [-0.1, -0.05) is 0 Å². The second-order valence-electron chi connectivity index (χ2n) is 7.47. The number of amides is 6. The highest BCUT2D eigenvalue weighted by atomic mass is 16.2. The van der Waals surface area contributed by atoms with Crippen LogP contribution in [0.4, 0.5) is 4.79 Å². The van der Waals surface area contributed by atoms with Crippen LogP contribution < -0.4 is 22.1 Å². The molecule has 0 aromatic carbocycles. The Morgan fingerprint density at radius 3 is 2.71 bits per heavy atom. The van der Waals surface area contributed by atoms with Crippen molar-refractivity contribution in [1.29, 1.82) is 0 Å². The first-order valence-corrected chi connectivity index (χ1v) is 10.00. The van der Waals surface area contributed by atoms with Crippen molar-refractivity contribution in [3.63, 3.8) is 0 Å². The third-order valence-electron chi connectivity index (χ3n) is 5.35. The van der Waals surface area contributed by atoms with E-state index >= 15 is 0 Å². The number of hydrogen-bond acceptors (Lipinski definition) is 7. The van der Waals surface area contributed by atoms with Crippen LogP contribution in [0.5, 0.6) is 0 Å². The maximum atomic E-state index is 13.2. The normalized spacial score (nSPS) is 22.2. The number of urea groups is 1. The van der Waals surface area contributed by atoms with Crippen LogP contribution in [0, 0.1) is 0 Å². The molecule has 1 aromatic heterocycles. The van der Waals surface area contributed by atoms with Gasteiger partial charge in [0.25, 0.3) is 0 Å². The second kappa shape index (κ2) is 9.55. The molecule has 1 aromatic rings. The van der Waals surface area contributed by atoms with Crippen molar-refractivity contribution in [3.8, 4) is 0 Å². The molecule has 6 amide bonds. The molecule has 0 saturated carbocycles. The maximum absolute atomic E-state index is 13.2. The van der Waals surface area contributed by atoms with Gasteiger partial charge in [0.2, 0.25) is 23.6 Å². The summed E-state index contributed by atoms with van der Waals surface area (Å²) in [4.78, 5) is 71.1. The van der Waals surface area contributed by atoms with Gasteiger partial charge in [-0.05, 0) is 12.8 Å². The first-order chi connectivity index (χ1) is 14.8. The van der Waals surface area contributed by atoms with Crippen molar-refractivity contribution in [1.82, 2.24) is 30.4 Å².